The molecule has 12 heavy (non-hydrogen) atoms. The molecule has 0 aromatic heterocycles. The Bertz CT molecular complexity index is 301. The standard InChI is InChI=1S/C6H4ClO3S.K/c7-5-1-3-6(4-2-5)10-11(8)9;/h1-4H;/q-1;+1. The van der Waals surface area contributed by atoms with Gasteiger partial charge in [-0.3, -0.25) is 0 Å². The van der Waals surface area contributed by atoms with Crippen molar-refractivity contribution < 1.29 is 64.0 Å². The van der Waals surface area contributed by atoms with Crippen molar-refractivity contribution in [2.45, 2.75) is 0 Å². The van der Waals surface area contributed by atoms with E-state index < -0.39 is 11.0 Å². The summed E-state index contributed by atoms with van der Waals surface area (Å²) in [4.78, 5) is 0. The summed E-state index contributed by atoms with van der Waals surface area (Å²) in [5.74, 6) is 0.253. The van der Waals surface area contributed by atoms with E-state index in [-0.39, 0.29) is 57.1 Å². The molecule has 60 valence electrons. The smallest absolute Gasteiger partial charge is 0.533 e. The molecule has 1 aromatic carbocycles. The monoisotopic (exact) mass is 230 g/mol. The third-order valence-electron chi connectivity index (χ3n) is 0.978. The van der Waals surface area contributed by atoms with E-state index in [1.54, 1.807) is 12.1 Å². The molecule has 0 amide bonds. The van der Waals surface area contributed by atoms with Gasteiger partial charge in [0.2, 0.25) is 0 Å². The molecule has 1 aromatic rings. The summed E-state index contributed by atoms with van der Waals surface area (Å²) in [6, 6.07) is 6.03. The number of rotatable bonds is 2. The van der Waals surface area contributed by atoms with Gasteiger partial charge in [0.1, 0.15) is 16.7 Å². The van der Waals surface area contributed by atoms with Gasteiger partial charge in [-0.05, 0) is 24.3 Å². The second-order valence-corrected chi connectivity index (χ2v) is 2.75. The summed E-state index contributed by atoms with van der Waals surface area (Å²) in [7, 11) is -2.52. The molecule has 0 bridgehead atoms. The van der Waals surface area contributed by atoms with Gasteiger partial charge in [0.05, 0.1) is 0 Å². The quantitative estimate of drug-likeness (QED) is 0.481. The Morgan fingerprint density at radius 2 is 1.67 bits per heavy atom. The summed E-state index contributed by atoms with van der Waals surface area (Å²) in [6.07, 6.45) is 0. The molecule has 0 unspecified atom stereocenters. The van der Waals surface area contributed by atoms with Crippen molar-refractivity contribution in [3.63, 3.8) is 0 Å². The fraction of sp³-hybridized carbons (Fsp3) is 0. The van der Waals surface area contributed by atoms with Gasteiger partial charge in [0.25, 0.3) is 0 Å². The van der Waals surface area contributed by atoms with Crippen molar-refractivity contribution in [1.82, 2.24) is 0 Å². The van der Waals surface area contributed by atoms with Crippen LogP contribution in [0.5, 0.6) is 5.75 Å². The molecule has 0 aliphatic rings. The number of hydrogen-bond donors (Lipinski definition) is 0. The van der Waals surface area contributed by atoms with Crippen molar-refractivity contribution in [2.24, 2.45) is 0 Å². The van der Waals surface area contributed by atoms with Gasteiger partial charge in [-0.15, -0.1) is 0 Å². The largest absolute Gasteiger partial charge is 1.00 e. The molecular formula is C6H4ClKO3S. The Kier molecular flexibility index (Phi) is 6.84. The summed E-state index contributed by atoms with van der Waals surface area (Å²) in [6.45, 7) is 0. The maximum Gasteiger partial charge on any atom is 1.00 e. The van der Waals surface area contributed by atoms with Crippen LogP contribution in [0.15, 0.2) is 24.3 Å². The Morgan fingerprint density at radius 3 is 2.08 bits per heavy atom. The van der Waals surface area contributed by atoms with Crippen molar-refractivity contribution in [3.05, 3.63) is 29.3 Å². The first-order chi connectivity index (χ1) is 5.18. The average molecular weight is 231 g/mol. The Labute approximate surface area is 120 Å². The van der Waals surface area contributed by atoms with Gasteiger partial charge in [-0.2, -0.15) is 0 Å². The van der Waals surface area contributed by atoms with Crippen LogP contribution in [0.2, 0.25) is 5.02 Å². The minimum Gasteiger partial charge on any atom is -0.533 e. The van der Waals surface area contributed by atoms with E-state index in [4.69, 9.17) is 11.6 Å². The molecule has 0 N–H and O–H groups in total. The van der Waals surface area contributed by atoms with Crippen LogP contribution in [-0.4, -0.2) is 0 Å². The molecule has 0 spiro atoms. The second-order valence-electron chi connectivity index (χ2n) is 1.74. The minimum atomic E-state index is -2.52. The zero-order chi connectivity index (χ0) is 8.27. The summed E-state index contributed by atoms with van der Waals surface area (Å²) >= 11 is 5.54. The molecule has 0 fully saturated rings. The number of halogens is 1. The van der Waals surface area contributed by atoms with Crippen LogP contribution in [0.3, 0.4) is 0 Å². The predicted molar refractivity (Wildman–Crippen MR) is 40.8 cm³/mol. The molecule has 0 aliphatic heterocycles. The van der Waals surface area contributed by atoms with E-state index in [1.165, 1.54) is 12.1 Å². The SMILES string of the molecule is O=[S-](=O)Oc1ccc(Cl)cc1.[K+]. The molecule has 0 saturated carbocycles. The predicted octanol–water partition coefficient (Wildman–Crippen LogP) is -1.05. The van der Waals surface area contributed by atoms with Crippen molar-refractivity contribution in [3.8, 4) is 5.75 Å². The van der Waals surface area contributed by atoms with Gasteiger partial charge in [0.15, 0.2) is 0 Å². The van der Waals surface area contributed by atoms with E-state index in [0.29, 0.717) is 5.02 Å². The summed E-state index contributed by atoms with van der Waals surface area (Å²) in [5, 5.41) is 0.536. The molecular weight excluding hydrogens is 227 g/mol. The Morgan fingerprint density at radius 1 is 1.17 bits per heavy atom. The Balaban J connectivity index is 0.00000121. The van der Waals surface area contributed by atoms with Gasteiger partial charge < -0.3 is 12.6 Å². The molecule has 0 atom stereocenters. The van der Waals surface area contributed by atoms with Crippen molar-refractivity contribution >= 4 is 22.6 Å². The molecule has 0 aliphatic carbocycles. The van der Waals surface area contributed by atoms with Crippen molar-refractivity contribution in [1.29, 1.82) is 0 Å². The Hall–Kier alpha value is 0.896. The third kappa shape index (κ3) is 4.81. The van der Waals surface area contributed by atoms with Crippen LogP contribution >= 0.6 is 11.6 Å². The summed E-state index contributed by atoms with van der Waals surface area (Å²) in [5.41, 5.74) is 0. The van der Waals surface area contributed by atoms with E-state index in [0.717, 1.165) is 0 Å². The average Bonchev–Trinajstić information content (AvgIpc) is 1.93. The van der Waals surface area contributed by atoms with Crippen molar-refractivity contribution in [2.75, 3.05) is 0 Å². The summed E-state index contributed by atoms with van der Waals surface area (Å²) < 4.78 is 24.3. The van der Waals surface area contributed by atoms with E-state index in [1.807, 2.05) is 0 Å². The first-order valence-corrected chi connectivity index (χ1v) is 4.09. The zero-order valence-electron chi connectivity index (χ0n) is 6.32. The molecule has 0 radical (unpaired) electrons. The maximum absolute atomic E-state index is 10.00. The van der Waals surface area contributed by atoms with Gasteiger partial charge in [-0.1, -0.05) is 11.6 Å². The van der Waals surface area contributed by atoms with Gasteiger partial charge >= 0.3 is 51.4 Å². The fourth-order valence-electron chi connectivity index (χ4n) is 0.569. The van der Waals surface area contributed by atoms with Gasteiger partial charge in [0, 0.05) is 5.02 Å². The molecule has 6 heteroatoms. The molecule has 3 nitrogen and oxygen atoms in total. The van der Waals surface area contributed by atoms with E-state index in [2.05, 4.69) is 4.18 Å². The van der Waals surface area contributed by atoms with Crippen LogP contribution in [-0.2, 0) is 19.4 Å². The number of hydrogen-bond acceptors (Lipinski definition) is 4. The van der Waals surface area contributed by atoms with Crippen LogP contribution < -0.4 is 55.6 Å². The van der Waals surface area contributed by atoms with E-state index in [9.17, 15) is 8.42 Å². The molecule has 0 heterocycles. The van der Waals surface area contributed by atoms with Crippen LogP contribution in [0.25, 0.3) is 0 Å². The second kappa shape index (κ2) is 6.37. The van der Waals surface area contributed by atoms with Crippen LogP contribution in [0.1, 0.15) is 0 Å². The zero-order valence-corrected chi connectivity index (χ0v) is 11.0. The number of benzene rings is 1. The first-order valence-electron chi connectivity index (χ1n) is 2.71. The first kappa shape index (κ1) is 12.9. The van der Waals surface area contributed by atoms with E-state index >= 15 is 0 Å². The molecule has 0 saturated heterocycles. The van der Waals surface area contributed by atoms with Crippen LogP contribution in [0, 0.1) is 0 Å². The fourth-order valence-corrected chi connectivity index (χ4v) is 0.963. The molecule has 1 rings (SSSR count). The topological polar surface area (TPSA) is 43.4 Å². The third-order valence-corrected chi connectivity index (χ3v) is 1.56. The normalized spacial score (nSPS) is 9.17. The minimum absolute atomic E-state index is 0. The van der Waals surface area contributed by atoms with Crippen LogP contribution in [0.4, 0.5) is 0 Å². The van der Waals surface area contributed by atoms with Gasteiger partial charge in [-0.25, -0.2) is 0 Å². The maximum atomic E-state index is 10.00.